The van der Waals surface area contributed by atoms with Crippen LogP contribution in [0.15, 0.2) is 41.0 Å². The summed E-state index contributed by atoms with van der Waals surface area (Å²) in [6.07, 6.45) is 2.45. The summed E-state index contributed by atoms with van der Waals surface area (Å²) in [5.74, 6) is 1.48. The Kier molecular flexibility index (Phi) is 5.01. The SMILES string of the molecule is COCCCOc1cc(CO)ccc1-c1ccco1. The maximum Gasteiger partial charge on any atom is 0.137 e. The molecule has 102 valence electrons. The van der Waals surface area contributed by atoms with Crippen LogP contribution in [0.3, 0.4) is 0 Å². The van der Waals surface area contributed by atoms with Crippen molar-refractivity contribution in [1.29, 1.82) is 0 Å². The fourth-order valence-corrected chi connectivity index (χ4v) is 1.81. The summed E-state index contributed by atoms with van der Waals surface area (Å²) >= 11 is 0. The summed E-state index contributed by atoms with van der Waals surface area (Å²) in [5, 5.41) is 9.19. The lowest BCUT2D eigenvalue weighted by molar-refractivity contribution is 0.172. The molecule has 0 aliphatic carbocycles. The van der Waals surface area contributed by atoms with Crippen molar-refractivity contribution >= 4 is 0 Å². The predicted octanol–water partition coefficient (Wildman–Crippen LogP) is 2.85. The third-order valence-corrected chi connectivity index (χ3v) is 2.77. The van der Waals surface area contributed by atoms with Gasteiger partial charge in [-0.05, 0) is 29.8 Å². The van der Waals surface area contributed by atoms with Crippen LogP contribution in [-0.4, -0.2) is 25.4 Å². The average molecular weight is 262 g/mol. The van der Waals surface area contributed by atoms with Gasteiger partial charge in [-0.25, -0.2) is 0 Å². The van der Waals surface area contributed by atoms with Crippen LogP contribution in [0.2, 0.25) is 0 Å². The normalized spacial score (nSPS) is 10.6. The van der Waals surface area contributed by atoms with Crippen LogP contribution in [-0.2, 0) is 11.3 Å². The molecule has 4 nitrogen and oxygen atoms in total. The van der Waals surface area contributed by atoms with Gasteiger partial charge in [0.2, 0.25) is 0 Å². The molecule has 0 saturated heterocycles. The number of benzene rings is 1. The maximum absolute atomic E-state index is 9.19. The second-order valence-corrected chi connectivity index (χ2v) is 4.16. The predicted molar refractivity (Wildman–Crippen MR) is 72.1 cm³/mol. The Labute approximate surface area is 112 Å². The van der Waals surface area contributed by atoms with Crippen molar-refractivity contribution in [3.63, 3.8) is 0 Å². The molecule has 0 aliphatic rings. The second-order valence-electron chi connectivity index (χ2n) is 4.16. The molecule has 1 N–H and O–H groups in total. The Morgan fingerprint density at radius 3 is 2.79 bits per heavy atom. The Hall–Kier alpha value is -1.78. The molecule has 0 saturated carbocycles. The van der Waals surface area contributed by atoms with Crippen LogP contribution < -0.4 is 4.74 Å². The van der Waals surface area contributed by atoms with Crippen LogP contribution in [0.25, 0.3) is 11.3 Å². The lowest BCUT2D eigenvalue weighted by atomic mass is 10.1. The topological polar surface area (TPSA) is 51.8 Å². The molecular weight excluding hydrogens is 244 g/mol. The number of hydrogen-bond donors (Lipinski definition) is 1. The number of aliphatic hydroxyl groups is 1. The van der Waals surface area contributed by atoms with Gasteiger partial charge in [0.1, 0.15) is 11.5 Å². The molecule has 1 aromatic carbocycles. The molecule has 2 aromatic rings. The van der Waals surface area contributed by atoms with E-state index in [-0.39, 0.29) is 6.61 Å². The fourth-order valence-electron chi connectivity index (χ4n) is 1.81. The number of aliphatic hydroxyl groups excluding tert-OH is 1. The quantitative estimate of drug-likeness (QED) is 0.779. The van der Waals surface area contributed by atoms with E-state index in [1.54, 1.807) is 13.4 Å². The first-order chi connectivity index (χ1) is 9.35. The van der Waals surface area contributed by atoms with Crippen molar-refractivity contribution < 1.29 is 19.0 Å². The third-order valence-electron chi connectivity index (χ3n) is 2.77. The lowest BCUT2D eigenvalue weighted by Crippen LogP contribution is -2.02. The molecule has 19 heavy (non-hydrogen) atoms. The van der Waals surface area contributed by atoms with E-state index < -0.39 is 0 Å². The molecule has 1 aromatic heterocycles. The summed E-state index contributed by atoms with van der Waals surface area (Å²) in [7, 11) is 1.67. The molecule has 0 fully saturated rings. The highest BCUT2D eigenvalue weighted by Crippen LogP contribution is 2.31. The van der Waals surface area contributed by atoms with Crippen molar-refractivity contribution in [2.75, 3.05) is 20.3 Å². The monoisotopic (exact) mass is 262 g/mol. The van der Waals surface area contributed by atoms with Crippen molar-refractivity contribution in [3.05, 3.63) is 42.2 Å². The van der Waals surface area contributed by atoms with E-state index in [1.807, 2.05) is 30.3 Å². The molecule has 0 aliphatic heterocycles. The Bertz CT molecular complexity index is 491. The highest BCUT2D eigenvalue weighted by molar-refractivity contribution is 5.66. The van der Waals surface area contributed by atoms with E-state index in [1.165, 1.54) is 0 Å². The highest BCUT2D eigenvalue weighted by atomic mass is 16.5. The third kappa shape index (κ3) is 3.59. The zero-order chi connectivity index (χ0) is 13.5. The molecule has 1 heterocycles. The fraction of sp³-hybridized carbons (Fsp3) is 0.333. The molecule has 0 amide bonds. The van der Waals surface area contributed by atoms with Crippen LogP contribution in [0.4, 0.5) is 0 Å². The number of furan rings is 1. The first kappa shape index (κ1) is 13.6. The zero-order valence-electron chi connectivity index (χ0n) is 11.0. The van der Waals surface area contributed by atoms with E-state index >= 15 is 0 Å². The molecule has 4 heteroatoms. The van der Waals surface area contributed by atoms with Crippen LogP contribution in [0.5, 0.6) is 5.75 Å². The zero-order valence-corrected chi connectivity index (χ0v) is 11.0. The van der Waals surface area contributed by atoms with E-state index in [9.17, 15) is 5.11 Å². The average Bonchev–Trinajstić information content (AvgIpc) is 2.97. The summed E-state index contributed by atoms with van der Waals surface area (Å²) in [6.45, 7) is 1.22. The van der Waals surface area contributed by atoms with Gasteiger partial charge in [-0.1, -0.05) is 6.07 Å². The van der Waals surface area contributed by atoms with E-state index in [0.29, 0.717) is 13.2 Å². The Morgan fingerprint density at radius 2 is 2.11 bits per heavy atom. The molecule has 0 spiro atoms. The van der Waals surface area contributed by atoms with Gasteiger partial charge >= 0.3 is 0 Å². The largest absolute Gasteiger partial charge is 0.493 e. The van der Waals surface area contributed by atoms with Gasteiger partial charge in [0, 0.05) is 20.1 Å². The summed E-state index contributed by atoms with van der Waals surface area (Å²) < 4.78 is 16.1. The molecule has 0 radical (unpaired) electrons. The minimum Gasteiger partial charge on any atom is -0.493 e. The standard InChI is InChI=1S/C15H18O4/c1-17-7-3-9-19-15-10-12(11-16)5-6-13(15)14-4-2-8-18-14/h2,4-6,8,10,16H,3,7,9,11H2,1H3. The number of rotatable bonds is 7. The van der Waals surface area contributed by atoms with E-state index in [4.69, 9.17) is 13.9 Å². The highest BCUT2D eigenvalue weighted by Gasteiger charge is 2.10. The Morgan fingerprint density at radius 1 is 1.21 bits per heavy atom. The van der Waals surface area contributed by atoms with Gasteiger partial charge in [0.15, 0.2) is 0 Å². The van der Waals surface area contributed by atoms with Crippen LogP contribution in [0, 0.1) is 0 Å². The van der Waals surface area contributed by atoms with Crippen LogP contribution in [0.1, 0.15) is 12.0 Å². The van der Waals surface area contributed by atoms with Gasteiger partial charge in [-0.2, -0.15) is 0 Å². The minimum atomic E-state index is -0.00708. The molecular formula is C15H18O4. The summed E-state index contributed by atoms with van der Waals surface area (Å²) in [5.41, 5.74) is 1.71. The molecule has 0 atom stereocenters. The van der Waals surface area contributed by atoms with E-state index in [0.717, 1.165) is 29.1 Å². The number of methoxy groups -OCH3 is 1. The first-order valence-electron chi connectivity index (χ1n) is 6.24. The molecule has 0 unspecified atom stereocenters. The molecule has 0 bridgehead atoms. The summed E-state index contributed by atoms with van der Waals surface area (Å²) in [4.78, 5) is 0. The second kappa shape index (κ2) is 6.97. The first-order valence-corrected chi connectivity index (χ1v) is 6.24. The van der Waals surface area contributed by atoms with Gasteiger partial charge in [0.25, 0.3) is 0 Å². The van der Waals surface area contributed by atoms with Crippen molar-refractivity contribution in [2.24, 2.45) is 0 Å². The van der Waals surface area contributed by atoms with E-state index in [2.05, 4.69) is 0 Å². The Balaban J connectivity index is 2.17. The lowest BCUT2D eigenvalue weighted by Gasteiger charge is -2.11. The van der Waals surface area contributed by atoms with Gasteiger partial charge < -0.3 is 19.0 Å². The maximum atomic E-state index is 9.19. The van der Waals surface area contributed by atoms with Gasteiger partial charge in [-0.15, -0.1) is 0 Å². The van der Waals surface area contributed by atoms with Gasteiger partial charge in [0.05, 0.1) is 25.0 Å². The smallest absolute Gasteiger partial charge is 0.137 e. The van der Waals surface area contributed by atoms with Crippen molar-refractivity contribution in [3.8, 4) is 17.1 Å². The van der Waals surface area contributed by atoms with Gasteiger partial charge in [-0.3, -0.25) is 0 Å². The molecule has 2 rings (SSSR count). The van der Waals surface area contributed by atoms with Crippen LogP contribution >= 0.6 is 0 Å². The minimum absolute atomic E-state index is 0.00708. The summed E-state index contributed by atoms with van der Waals surface area (Å²) in [6, 6.07) is 9.32. The van der Waals surface area contributed by atoms with Crippen molar-refractivity contribution in [2.45, 2.75) is 13.0 Å². The number of hydrogen-bond acceptors (Lipinski definition) is 4. The van der Waals surface area contributed by atoms with Crippen molar-refractivity contribution in [1.82, 2.24) is 0 Å². The number of ether oxygens (including phenoxy) is 2.